The fourth-order valence-electron chi connectivity index (χ4n) is 4.44. The van der Waals surface area contributed by atoms with Gasteiger partial charge in [0.25, 0.3) is 0 Å². The van der Waals surface area contributed by atoms with Crippen LogP contribution >= 0.6 is 0 Å². The number of aromatic nitrogens is 4. The number of carboxylic acid groups (broad SMARTS) is 2. The number of aliphatic carboxylic acids is 2. The van der Waals surface area contributed by atoms with Gasteiger partial charge in [-0.05, 0) is 61.8 Å². The van der Waals surface area contributed by atoms with Gasteiger partial charge in [0.15, 0.2) is 0 Å². The van der Waals surface area contributed by atoms with Crippen molar-refractivity contribution in [1.82, 2.24) is 24.4 Å². The van der Waals surface area contributed by atoms with E-state index >= 15 is 0 Å². The maximum Gasteiger partial charge on any atom is 0.490 e. The Morgan fingerprint density at radius 2 is 1.56 bits per heavy atom. The second-order valence-corrected chi connectivity index (χ2v) is 9.86. The monoisotopic (exact) mass is 641 g/mol. The van der Waals surface area contributed by atoms with E-state index in [4.69, 9.17) is 29.5 Å². The van der Waals surface area contributed by atoms with E-state index in [1.807, 2.05) is 37.8 Å². The number of imidazole rings is 1. The Kier molecular flexibility index (Phi) is 11.5. The van der Waals surface area contributed by atoms with Crippen molar-refractivity contribution in [3.05, 3.63) is 72.4 Å². The van der Waals surface area contributed by atoms with Crippen molar-refractivity contribution in [3.63, 3.8) is 0 Å². The number of alkyl halides is 6. The van der Waals surface area contributed by atoms with Crippen molar-refractivity contribution in [2.24, 2.45) is 7.05 Å². The zero-order valence-corrected chi connectivity index (χ0v) is 24.0. The van der Waals surface area contributed by atoms with Gasteiger partial charge in [-0.2, -0.15) is 26.3 Å². The van der Waals surface area contributed by atoms with E-state index in [0.717, 1.165) is 60.5 Å². The molecule has 1 saturated heterocycles. The maximum atomic E-state index is 10.6. The Morgan fingerprint density at radius 3 is 2.04 bits per heavy atom. The Labute approximate surface area is 252 Å². The summed E-state index contributed by atoms with van der Waals surface area (Å²) >= 11 is 0. The van der Waals surface area contributed by atoms with E-state index < -0.39 is 24.3 Å². The van der Waals surface area contributed by atoms with Crippen molar-refractivity contribution in [2.45, 2.75) is 37.7 Å². The van der Waals surface area contributed by atoms with E-state index in [-0.39, 0.29) is 0 Å². The first-order valence-electron chi connectivity index (χ1n) is 13.3. The molecule has 0 radical (unpaired) electrons. The predicted octanol–water partition coefficient (Wildman–Crippen LogP) is 5.69. The topological polar surface area (TPSA) is 131 Å². The van der Waals surface area contributed by atoms with Crippen LogP contribution in [0.25, 0.3) is 22.3 Å². The second kappa shape index (κ2) is 14.8. The number of aryl methyl sites for hydroxylation is 1. The van der Waals surface area contributed by atoms with Crippen LogP contribution in [0.5, 0.6) is 5.75 Å². The Bertz CT molecular complexity index is 1540. The molecule has 0 saturated carbocycles. The van der Waals surface area contributed by atoms with Gasteiger partial charge in [-0.3, -0.25) is 14.9 Å². The van der Waals surface area contributed by atoms with Gasteiger partial charge in [0.05, 0.1) is 24.6 Å². The molecule has 1 aliphatic heterocycles. The number of likely N-dealkylation sites (tertiary alicyclic amines) is 1. The van der Waals surface area contributed by atoms with E-state index in [0.29, 0.717) is 5.92 Å². The molecule has 242 valence electrons. The highest BCUT2D eigenvalue weighted by molar-refractivity contribution is 5.89. The fourth-order valence-corrected chi connectivity index (χ4v) is 4.44. The third kappa shape index (κ3) is 9.89. The number of pyridine rings is 2. The molecule has 4 heterocycles. The number of fused-ring (bicyclic) bond motifs is 1. The third-order valence-electron chi connectivity index (χ3n) is 6.72. The lowest BCUT2D eigenvalue weighted by atomic mass is 9.92. The molecule has 16 heteroatoms. The highest BCUT2D eigenvalue weighted by atomic mass is 19.4. The van der Waals surface area contributed by atoms with Gasteiger partial charge in [0, 0.05) is 43.2 Å². The quantitative estimate of drug-likeness (QED) is 0.264. The van der Waals surface area contributed by atoms with Crippen LogP contribution in [0.1, 0.15) is 30.0 Å². The number of halogens is 6. The number of piperidine rings is 1. The first-order valence-corrected chi connectivity index (χ1v) is 13.3. The molecule has 5 rings (SSSR count). The number of carbonyl (C=O) groups is 2. The van der Waals surface area contributed by atoms with Crippen LogP contribution in [-0.4, -0.2) is 79.1 Å². The normalized spacial score (nSPS) is 14.1. The molecule has 1 aromatic carbocycles. The van der Waals surface area contributed by atoms with Gasteiger partial charge in [-0.1, -0.05) is 12.1 Å². The predicted molar refractivity (Wildman–Crippen MR) is 149 cm³/mol. The fraction of sp³-hybridized carbons (Fsp3) is 0.345. The lowest BCUT2D eigenvalue weighted by molar-refractivity contribution is -0.193. The number of rotatable bonds is 5. The molecule has 0 bridgehead atoms. The van der Waals surface area contributed by atoms with Crippen molar-refractivity contribution in [2.75, 3.05) is 20.2 Å². The summed E-state index contributed by atoms with van der Waals surface area (Å²) in [6.07, 6.45) is -2.41. The average Bonchev–Trinajstić information content (AvgIpc) is 3.38. The molecular weight excluding hydrogens is 612 g/mol. The Hall–Kier alpha value is -4.73. The van der Waals surface area contributed by atoms with Crippen LogP contribution < -0.4 is 4.74 Å². The van der Waals surface area contributed by atoms with Gasteiger partial charge < -0.3 is 19.5 Å². The van der Waals surface area contributed by atoms with Crippen LogP contribution in [0.4, 0.5) is 26.3 Å². The summed E-state index contributed by atoms with van der Waals surface area (Å²) in [5, 5.41) is 14.2. The SMILES string of the molecule is COc1ccc(CN2CCC(c3cc4c(ncn4C)c(-c4cccnc4)n3)CC2)cc1.O=C(O)C(F)(F)F.O=C(O)C(F)(F)F. The summed E-state index contributed by atoms with van der Waals surface area (Å²) < 4.78 is 70.8. The summed E-state index contributed by atoms with van der Waals surface area (Å²) in [6.45, 7) is 3.12. The first kappa shape index (κ1) is 34.8. The van der Waals surface area contributed by atoms with Gasteiger partial charge in [-0.15, -0.1) is 0 Å². The maximum absolute atomic E-state index is 10.6. The lowest BCUT2D eigenvalue weighted by Crippen LogP contribution is -2.32. The number of hydrogen-bond acceptors (Lipinski definition) is 7. The molecule has 10 nitrogen and oxygen atoms in total. The van der Waals surface area contributed by atoms with Crippen molar-refractivity contribution >= 4 is 23.0 Å². The molecule has 2 N–H and O–H groups in total. The molecule has 0 spiro atoms. The summed E-state index contributed by atoms with van der Waals surface area (Å²) in [4.78, 5) is 34.3. The Morgan fingerprint density at radius 1 is 0.978 bits per heavy atom. The summed E-state index contributed by atoms with van der Waals surface area (Å²) in [7, 11) is 3.75. The van der Waals surface area contributed by atoms with Crippen molar-refractivity contribution < 1.29 is 50.9 Å². The first-order chi connectivity index (χ1) is 21.1. The zero-order chi connectivity index (χ0) is 33.4. The zero-order valence-electron chi connectivity index (χ0n) is 24.0. The number of benzene rings is 1. The molecular formula is C29H29F6N5O5. The largest absolute Gasteiger partial charge is 0.497 e. The highest BCUT2D eigenvalue weighted by Gasteiger charge is 2.38. The Balaban J connectivity index is 0.000000331. The molecule has 0 atom stereocenters. The van der Waals surface area contributed by atoms with Crippen LogP contribution in [0.2, 0.25) is 0 Å². The number of methoxy groups -OCH3 is 1. The molecule has 3 aromatic heterocycles. The molecule has 45 heavy (non-hydrogen) atoms. The summed E-state index contributed by atoms with van der Waals surface area (Å²) in [5.41, 5.74) is 6.51. The molecule has 1 aliphatic rings. The minimum atomic E-state index is -5.08. The molecule has 0 unspecified atom stereocenters. The lowest BCUT2D eigenvalue weighted by Gasteiger charge is -2.32. The second-order valence-electron chi connectivity index (χ2n) is 9.86. The van der Waals surface area contributed by atoms with E-state index in [2.05, 4.69) is 43.7 Å². The standard InChI is InChI=1S/C25H27N5O.2C2HF3O2/c1-29-17-27-25-23(29)14-22(28-24(25)20-4-3-11-26-15-20)19-9-12-30(13-10-19)16-18-5-7-21(31-2)8-6-18;2*3-2(4,5)1(6)7/h3-8,11,14-15,17,19H,9-10,12-13,16H2,1-2H3;2*(H,6,7). The smallest absolute Gasteiger partial charge is 0.490 e. The number of hydrogen-bond donors (Lipinski definition) is 2. The minimum absolute atomic E-state index is 0.460. The summed E-state index contributed by atoms with van der Waals surface area (Å²) in [6, 6.07) is 14.6. The van der Waals surface area contributed by atoms with Gasteiger partial charge in [0.2, 0.25) is 0 Å². The summed E-state index contributed by atoms with van der Waals surface area (Å²) in [5.74, 6) is -4.15. The van der Waals surface area contributed by atoms with E-state index in [1.54, 1.807) is 13.3 Å². The van der Waals surface area contributed by atoms with E-state index in [1.165, 1.54) is 11.3 Å². The van der Waals surface area contributed by atoms with Crippen molar-refractivity contribution in [3.8, 4) is 17.0 Å². The van der Waals surface area contributed by atoms with Crippen LogP contribution in [0, 0.1) is 0 Å². The molecule has 4 aromatic rings. The third-order valence-corrected chi connectivity index (χ3v) is 6.72. The van der Waals surface area contributed by atoms with Crippen LogP contribution in [0.15, 0.2) is 61.2 Å². The number of nitrogens with zero attached hydrogens (tertiary/aromatic N) is 5. The average molecular weight is 642 g/mol. The highest BCUT2D eigenvalue weighted by Crippen LogP contribution is 2.33. The molecule has 0 aliphatic carbocycles. The van der Waals surface area contributed by atoms with Crippen LogP contribution in [0.3, 0.4) is 0 Å². The minimum Gasteiger partial charge on any atom is -0.497 e. The van der Waals surface area contributed by atoms with Gasteiger partial charge in [0.1, 0.15) is 11.3 Å². The number of ether oxygens (including phenoxy) is 1. The number of carboxylic acids is 2. The molecule has 0 amide bonds. The van der Waals surface area contributed by atoms with E-state index in [9.17, 15) is 26.3 Å². The van der Waals surface area contributed by atoms with Crippen molar-refractivity contribution in [1.29, 1.82) is 0 Å². The van der Waals surface area contributed by atoms with Gasteiger partial charge in [-0.25, -0.2) is 14.6 Å². The molecule has 1 fully saturated rings. The van der Waals surface area contributed by atoms with Crippen LogP contribution in [-0.2, 0) is 23.2 Å². The van der Waals surface area contributed by atoms with Gasteiger partial charge >= 0.3 is 24.3 Å².